The van der Waals surface area contributed by atoms with Gasteiger partial charge in [0.2, 0.25) is 0 Å². The Morgan fingerprint density at radius 1 is 0.903 bits per heavy atom. The monoisotopic (exact) mass is 416 g/mol. The summed E-state index contributed by atoms with van der Waals surface area (Å²) >= 11 is 0. The molecule has 0 saturated carbocycles. The minimum atomic E-state index is -0.234. The number of aromatic nitrogens is 3. The molecule has 0 fully saturated rings. The Labute approximate surface area is 180 Å². The van der Waals surface area contributed by atoms with E-state index in [9.17, 15) is 4.79 Å². The molecule has 0 aliphatic carbocycles. The Balaban J connectivity index is 1.47. The van der Waals surface area contributed by atoms with E-state index in [4.69, 9.17) is 9.47 Å². The van der Waals surface area contributed by atoms with Gasteiger partial charge < -0.3 is 14.8 Å². The van der Waals surface area contributed by atoms with Gasteiger partial charge in [0.15, 0.2) is 6.61 Å². The van der Waals surface area contributed by atoms with Crippen molar-refractivity contribution in [1.29, 1.82) is 0 Å². The molecule has 7 heteroatoms. The number of hydrogen-bond acceptors (Lipinski definition) is 5. The van der Waals surface area contributed by atoms with Crippen LogP contribution in [0.4, 0.5) is 5.69 Å². The van der Waals surface area contributed by atoms with Crippen molar-refractivity contribution in [2.45, 2.75) is 20.8 Å². The third-order valence-electron chi connectivity index (χ3n) is 4.77. The van der Waals surface area contributed by atoms with E-state index in [1.807, 2.05) is 81.4 Å². The minimum Gasteiger partial charge on any atom is -0.494 e. The molecule has 1 aromatic heterocycles. The maximum atomic E-state index is 12.4. The smallest absolute Gasteiger partial charge is 0.262 e. The molecule has 0 bridgehead atoms. The average molecular weight is 416 g/mol. The lowest BCUT2D eigenvalue weighted by atomic mass is 10.1. The molecule has 3 aromatic carbocycles. The highest BCUT2D eigenvalue weighted by Gasteiger charge is 2.11. The van der Waals surface area contributed by atoms with Crippen LogP contribution in [0.15, 0.2) is 60.7 Å². The van der Waals surface area contributed by atoms with Crippen molar-refractivity contribution in [3.8, 4) is 17.2 Å². The molecule has 1 heterocycles. The molecule has 0 atom stereocenters. The molecule has 158 valence electrons. The standard InChI is InChI=1S/C24H24N4O3/c1-4-30-19-11-7-18(8-12-19)28-26-22-13-17(3)21(14-23(22)27-28)25-24(29)15-31-20-9-5-16(2)6-10-20/h5-14H,4,15H2,1-3H3,(H,25,29). The minimum absolute atomic E-state index is 0.0700. The molecule has 0 aliphatic heterocycles. The molecule has 0 radical (unpaired) electrons. The van der Waals surface area contributed by atoms with Crippen molar-refractivity contribution in [1.82, 2.24) is 15.0 Å². The lowest BCUT2D eigenvalue weighted by Gasteiger charge is -2.09. The van der Waals surface area contributed by atoms with Crippen LogP contribution in [0.1, 0.15) is 18.1 Å². The largest absolute Gasteiger partial charge is 0.494 e. The molecular weight excluding hydrogens is 392 g/mol. The van der Waals surface area contributed by atoms with Gasteiger partial charge in [-0.1, -0.05) is 17.7 Å². The predicted molar refractivity (Wildman–Crippen MR) is 120 cm³/mol. The van der Waals surface area contributed by atoms with Crippen molar-refractivity contribution in [2.24, 2.45) is 0 Å². The predicted octanol–water partition coefficient (Wildman–Crippen LogP) is 4.45. The van der Waals surface area contributed by atoms with Gasteiger partial charge in [0.25, 0.3) is 5.91 Å². The quantitative estimate of drug-likeness (QED) is 0.481. The summed E-state index contributed by atoms with van der Waals surface area (Å²) in [5.74, 6) is 1.23. The van der Waals surface area contributed by atoms with Crippen LogP contribution in [-0.4, -0.2) is 34.1 Å². The zero-order chi connectivity index (χ0) is 21.8. The van der Waals surface area contributed by atoms with Crippen molar-refractivity contribution in [2.75, 3.05) is 18.5 Å². The van der Waals surface area contributed by atoms with Crippen LogP contribution in [-0.2, 0) is 4.79 Å². The van der Waals surface area contributed by atoms with Gasteiger partial charge in [-0.25, -0.2) is 0 Å². The molecule has 1 N–H and O–H groups in total. The first-order valence-electron chi connectivity index (χ1n) is 10.1. The number of fused-ring (bicyclic) bond motifs is 1. The summed E-state index contributed by atoms with van der Waals surface area (Å²) in [7, 11) is 0. The second-order valence-corrected chi connectivity index (χ2v) is 7.22. The molecule has 1 amide bonds. The summed E-state index contributed by atoms with van der Waals surface area (Å²) in [4.78, 5) is 13.9. The number of nitrogens with zero attached hydrogens (tertiary/aromatic N) is 3. The first-order chi connectivity index (χ1) is 15.0. The van der Waals surface area contributed by atoms with Crippen LogP contribution in [0.3, 0.4) is 0 Å². The van der Waals surface area contributed by atoms with Crippen LogP contribution in [0.5, 0.6) is 11.5 Å². The third kappa shape index (κ3) is 4.83. The van der Waals surface area contributed by atoms with Crippen LogP contribution in [0.25, 0.3) is 16.7 Å². The van der Waals surface area contributed by atoms with Gasteiger partial charge in [0.05, 0.1) is 12.3 Å². The second-order valence-electron chi connectivity index (χ2n) is 7.22. The molecule has 0 saturated heterocycles. The van der Waals surface area contributed by atoms with Crippen molar-refractivity contribution < 1.29 is 14.3 Å². The fourth-order valence-electron chi connectivity index (χ4n) is 3.13. The van der Waals surface area contributed by atoms with E-state index in [1.54, 1.807) is 4.80 Å². The van der Waals surface area contributed by atoms with Crippen LogP contribution in [0.2, 0.25) is 0 Å². The Morgan fingerprint density at radius 2 is 1.52 bits per heavy atom. The van der Waals surface area contributed by atoms with Gasteiger partial charge in [-0.3, -0.25) is 4.79 Å². The fourth-order valence-corrected chi connectivity index (χ4v) is 3.13. The number of benzene rings is 3. The number of carbonyl (C=O) groups excluding carboxylic acids is 1. The third-order valence-corrected chi connectivity index (χ3v) is 4.77. The SMILES string of the molecule is CCOc1ccc(-n2nc3cc(C)c(NC(=O)COc4ccc(C)cc4)cc3n2)cc1. The van der Waals surface area contributed by atoms with E-state index >= 15 is 0 Å². The maximum Gasteiger partial charge on any atom is 0.262 e. The second kappa shape index (κ2) is 8.87. The van der Waals surface area contributed by atoms with Crippen LogP contribution in [0, 0.1) is 13.8 Å². The van der Waals surface area contributed by atoms with Gasteiger partial charge in [-0.15, -0.1) is 10.2 Å². The molecule has 0 unspecified atom stereocenters. The van der Waals surface area contributed by atoms with E-state index in [0.717, 1.165) is 28.1 Å². The average Bonchev–Trinajstić information content (AvgIpc) is 3.17. The highest BCUT2D eigenvalue weighted by Crippen LogP contribution is 2.23. The van der Waals surface area contributed by atoms with E-state index in [0.29, 0.717) is 23.6 Å². The number of anilines is 1. The van der Waals surface area contributed by atoms with Gasteiger partial charge in [0, 0.05) is 5.69 Å². The number of nitrogens with one attached hydrogen (secondary N) is 1. The number of ether oxygens (including phenoxy) is 2. The zero-order valence-corrected chi connectivity index (χ0v) is 17.8. The maximum absolute atomic E-state index is 12.4. The number of carbonyl (C=O) groups is 1. The van der Waals surface area contributed by atoms with Crippen LogP contribution < -0.4 is 14.8 Å². The first-order valence-corrected chi connectivity index (χ1v) is 10.1. The van der Waals surface area contributed by atoms with Crippen molar-refractivity contribution >= 4 is 22.6 Å². The Morgan fingerprint density at radius 3 is 2.19 bits per heavy atom. The molecule has 0 aliphatic rings. The molecule has 7 nitrogen and oxygen atoms in total. The topological polar surface area (TPSA) is 78.3 Å². The highest BCUT2D eigenvalue weighted by molar-refractivity contribution is 5.95. The lowest BCUT2D eigenvalue weighted by Crippen LogP contribution is -2.20. The van der Waals surface area contributed by atoms with Gasteiger partial charge >= 0.3 is 0 Å². The van der Waals surface area contributed by atoms with Crippen LogP contribution >= 0.6 is 0 Å². The first kappa shape index (κ1) is 20.4. The highest BCUT2D eigenvalue weighted by atomic mass is 16.5. The van der Waals surface area contributed by atoms with E-state index < -0.39 is 0 Å². The summed E-state index contributed by atoms with van der Waals surface area (Å²) in [5, 5.41) is 12.0. The molecule has 4 rings (SSSR count). The van der Waals surface area contributed by atoms with E-state index in [1.165, 1.54) is 0 Å². The van der Waals surface area contributed by atoms with Gasteiger partial charge in [-0.2, -0.15) is 4.80 Å². The molecular formula is C24H24N4O3. The summed E-state index contributed by atoms with van der Waals surface area (Å²) in [6.45, 7) is 6.42. The van der Waals surface area contributed by atoms with Gasteiger partial charge in [0.1, 0.15) is 22.5 Å². The van der Waals surface area contributed by atoms with Crippen molar-refractivity contribution in [3.05, 3.63) is 71.8 Å². The summed E-state index contributed by atoms with van der Waals surface area (Å²) in [5.41, 5.74) is 4.99. The summed E-state index contributed by atoms with van der Waals surface area (Å²) < 4.78 is 11.0. The fraction of sp³-hybridized carbons (Fsp3) is 0.208. The number of amides is 1. The summed E-state index contributed by atoms with van der Waals surface area (Å²) in [6, 6.07) is 18.9. The Bertz CT molecular complexity index is 1200. The normalized spacial score (nSPS) is 10.8. The van der Waals surface area contributed by atoms with E-state index in [-0.39, 0.29) is 12.5 Å². The van der Waals surface area contributed by atoms with Crippen molar-refractivity contribution in [3.63, 3.8) is 0 Å². The Kier molecular flexibility index (Phi) is 5.84. The summed E-state index contributed by atoms with van der Waals surface area (Å²) in [6.07, 6.45) is 0. The lowest BCUT2D eigenvalue weighted by molar-refractivity contribution is -0.118. The number of hydrogen-bond donors (Lipinski definition) is 1. The molecule has 0 spiro atoms. The molecule has 31 heavy (non-hydrogen) atoms. The molecule has 4 aromatic rings. The zero-order valence-electron chi connectivity index (χ0n) is 17.8. The van der Waals surface area contributed by atoms with E-state index in [2.05, 4.69) is 15.5 Å². The number of aryl methyl sites for hydroxylation is 2. The Hall–Kier alpha value is -3.87. The number of rotatable bonds is 7. The van der Waals surface area contributed by atoms with Gasteiger partial charge in [-0.05, 0) is 74.9 Å².